The molecular formula is C11H26NO2+. The number of nitrogens with one attached hydrogen (secondary N) is 1. The van der Waals surface area contributed by atoms with E-state index in [0.29, 0.717) is 0 Å². The summed E-state index contributed by atoms with van der Waals surface area (Å²) >= 11 is 0. The highest BCUT2D eigenvalue weighted by Crippen LogP contribution is 1.94. The Bertz CT molecular complexity index is 108. The Hall–Kier alpha value is -0.120. The van der Waals surface area contributed by atoms with Crippen molar-refractivity contribution in [3.8, 4) is 0 Å². The van der Waals surface area contributed by atoms with Crippen molar-refractivity contribution in [2.75, 3.05) is 27.3 Å². The van der Waals surface area contributed by atoms with Gasteiger partial charge in [-0.1, -0.05) is 26.7 Å². The third-order valence-corrected chi connectivity index (χ3v) is 2.01. The van der Waals surface area contributed by atoms with Crippen molar-refractivity contribution in [1.82, 2.24) is 0 Å². The number of quaternary nitrogens is 1. The summed E-state index contributed by atoms with van der Waals surface area (Å²) in [6.07, 6.45) is 4.48. The van der Waals surface area contributed by atoms with E-state index in [-0.39, 0.29) is 6.41 Å². The fraction of sp³-hybridized carbons (Fsp3) is 1.00. The molecule has 0 rings (SSSR count). The van der Waals surface area contributed by atoms with E-state index in [4.69, 9.17) is 9.47 Å². The second-order valence-electron chi connectivity index (χ2n) is 3.86. The van der Waals surface area contributed by atoms with Crippen LogP contribution < -0.4 is 4.90 Å². The number of ether oxygens (including phenoxy) is 2. The highest BCUT2D eigenvalue weighted by molar-refractivity contribution is 4.33. The van der Waals surface area contributed by atoms with Crippen LogP contribution in [-0.4, -0.2) is 33.7 Å². The Kier molecular flexibility index (Phi) is 9.35. The Morgan fingerprint density at radius 2 is 1.36 bits per heavy atom. The summed E-state index contributed by atoms with van der Waals surface area (Å²) in [6, 6.07) is 0. The van der Waals surface area contributed by atoms with Gasteiger partial charge in [-0.25, -0.2) is 0 Å². The van der Waals surface area contributed by atoms with Crippen molar-refractivity contribution in [3.05, 3.63) is 0 Å². The van der Waals surface area contributed by atoms with Gasteiger partial charge in [-0.15, -0.1) is 0 Å². The molecule has 0 heterocycles. The molecule has 0 amide bonds. The average Bonchev–Trinajstić information content (AvgIpc) is 2.15. The molecule has 0 bridgehead atoms. The number of rotatable bonds is 9. The first-order valence-electron chi connectivity index (χ1n) is 5.75. The molecule has 1 N–H and O–H groups in total. The molecule has 0 radical (unpaired) electrons. The molecular weight excluding hydrogens is 178 g/mol. The SMILES string of the molecule is CCCCOC(OCCCC)[NH+](C)C. The van der Waals surface area contributed by atoms with Crippen LogP contribution in [0, 0.1) is 0 Å². The molecule has 0 aliphatic rings. The van der Waals surface area contributed by atoms with E-state index in [9.17, 15) is 0 Å². The maximum atomic E-state index is 5.63. The standard InChI is InChI=1S/C11H25NO2/c1-5-7-9-13-11(12(3)4)14-10-8-6-2/h11H,5-10H2,1-4H3/p+1. The smallest absolute Gasteiger partial charge is 0.306 e. The molecule has 3 nitrogen and oxygen atoms in total. The molecule has 14 heavy (non-hydrogen) atoms. The van der Waals surface area contributed by atoms with Crippen molar-refractivity contribution in [2.45, 2.75) is 45.9 Å². The zero-order valence-corrected chi connectivity index (χ0v) is 10.1. The molecule has 0 spiro atoms. The van der Waals surface area contributed by atoms with Gasteiger partial charge in [0.15, 0.2) is 0 Å². The second-order valence-corrected chi connectivity index (χ2v) is 3.86. The van der Waals surface area contributed by atoms with Gasteiger partial charge in [0.2, 0.25) is 0 Å². The maximum absolute atomic E-state index is 5.63. The van der Waals surface area contributed by atoms with Crippen LogP contribution in [-0.2, 0) is 9.47 Å². The monoisotopic (exact) mass is 204 g/mol. The normalized spacial score (nSPS) is 11.6. The van der Waals surface area contributed by atoms with E-state index >= 15 is 0 Å². The Balaban J connectivity index is 3.55. The third-order valence-electron chi connectivity index (χ3n) is 2.01. The predicted octanol–water partition coefficient (Wildman–Crippen LogP) is 1.05. The molecule has 0 saturated heterocycles. The van der Waals surface area contributed by atoms with Crippen LogP contribution in [0.25, 0.3) is 0 Å². The molecule has 0 atom stereocenters. The van der Waals surface area contributed by atoms with E-state index < -0.39 is 0 Å². The minimum absolute atomic E-state index is 0.0897. The molecule has 0 saturated carbocycles. The minimum atomic E-state index is -0.0897. The Morgan fingerprint density at radius 3 is 1.64 bits per heavy atom. The van der Waals surface area contributed by atoms with Gasteiger partial charge in [0, 0.05) is 0 Å². The van der Waals surface area contributed by atoms with Gasteiger partial charge < -0.3 is 9.47 Å². The van der Waals surface area contributed by atoms with Crippen LogP contribution in [0.3, 0.4) is 0 Å². The molecule has 0 fully saturated rings. The third kappa shape index (κ3) is 7.30. The lowest BCUT2D eigenvalue weighted by Gasteiger charge is -2.21. The van der Waals surface area contributed by atoms with Crippen LogP contribution in [0.5, 0.6) is 0 Å². The van der Waals surface area contributed by atoms with Gasteiger partial charge in [0.25, 0.3) is 0 Å². The molecule has 0 aliphatic heterocycles. The topological polar surface area (TPSA) is 22.9 Å². The summed E-state index contributed by atoms with van der Waals surface area (Å²) in [5, 5.41) is 0. The van der Waals surface area contributed by atoms with Crippen molar-refractivity contribution in [1.29, 1.82) is 0 Å². The summed E-state index contributed by atoms with van der Waals surface area (Å²) in [7, 11) is 4.12. The molecule has 0 aromatic heterocycles. The quantitative estimate of drug-likeness (QED) is 0.448. The van der Waals surface area contributed by atoms with Crippen molar-refractivity contribution in [2.24, 2.45) is 0 Å². The van der Waals surface area contributed by atoms with Crippen LogP contribution >= 0.6 is 0 Å². The van der Waals surface area contributed by atoms with E-state index in [0.717, 1.165) is 26.1 Å². The summed E-state index contributed by atoms with van der Waals surface area (Å²) in [5.41, 5.74) is 0. The lowest BCUT2D eigenvalue weighted by atomic mass is 10.4. The van der Waals surface area contributed by atoms with Gasteiger partial charge in [-0.2, -0.15) is 0 Å². The zero-order chi connectivity index (χ0) is 10.8. The number of hydrogen-bond donors (Lipinski definition) is 1. The van der Waals surface area contributed by atoms with E-state index in [1.165, 1.54) is 17.7 Å². The summed E-state index contributed by atoms with van der Waals surface area (Å²) < 4.78 is 11.3. The van der Waals surface area contributed by atoms with Crippen LogP contribution in [0.4, 0.5) is 0 Å². The lowest BCUT2D eigenvalue weighted by Crippen LogP contribution is -3.10. The zero-order valence-electron chi connectivity index (χ0n) is 10.1. The van der Waals surface area contributed by atoms with E-state index in [1.54, 1.807) is 0 Å². The number of unbranched alkanes of at least 4 members (excludes halogenated alkanes) is 2. The van der Waals surface area contributed by atoms with Gasteiger partial charge in [-0.3, -0.25) is 4.90 Å². The molecule has 0 aliphatic carbocycles. The minimum Gasteiger partial charge on any atom is -0.306 e. The van der Waals surface area contributed by atoms with Crippen molar-refractivity contribution < 1.29 is 14.4 Å². The summed E-state index contributed by atoms with van der Waals surface area (Å²) in [4.78, 5) is 1.21. The fourth-order valence-corrected chi connectivity index (χ4v) is 1.05. The van der Waals surface area contributed by atoms with Gasteiger partial charge in [0.1, 0.15) is 0 Å². The fourth-order valence-electron chi connectivity index (χ4n) is 1.05. The second kappa shape index (κ2) is 9.44. The first-order valence-corrected chi connectivity index (χ1v) is 5.75. The molecule has 3 heteroatoms. The largest absolute Gasteiger partial charge is 0.306 e. The van der Waals surface area contributed by atoms with Gasteiger partial charge in [0.05, 0.1) is 27.3 Å². The Labute approximate surface area is 88.4 Å². The summed E-state index contributed by atoms with van der Waals surface area (Å²) in [6.45, 7) is 5.94. The lowest BCUT2D eigenvalue weighted by molar-refractivity contribution is -0.939. The van der Waals surface area contributed by atoms with E-state index in [1.807, 2.05) is 0 Å². The van der Waals surface area contributed by atoms with Gasteiger partial charge in [-0.05, 0) is 12.8 Å². The molecule has 0 unspecified atom stereocenters. The number of hydrogen-bond acceptors (Lipinski definition) is 2. The average molecular weight is 204 g/mol. The Morgan fingerprint density at radius 1 is 0.929 bits per heavy atom. The van der Waals surface area contributed by atoms with E-state index in [2.05, 4.69) is 27.9 Å². The summed E-state index contributed by atoms with van der Waals surface area (Å²) in [5.74, 6) is 0. The van der Waals surface area contributed by atoms with Crippen LogP contribution in [0.2, 0.25) is 0 Å². The first kappa shape index (κ1) is 13.9. The maximum Gasteiger partial charge on any atom is 0.306 e. The predicted molar refractivity (Wildman–Crippen MR) is 58.3 cm³/mol. The van der Waals surface area contributed by atoms with Gasteiger partial charge >= 0.3 is 6.41 Å². The highest BCUT2D eigenvalue weighted by Gasteiger charge is 2.14. The van der Waals surface area contributed by atoms with Crippen molar-refractivity contribution in [3.63, 3.8) is 0 Å². The molecule has 0 aromatic carbocycles. The first-order chi connectivity index (χ1) is 6.72. The highest BCUT2D eigenvalue weighted by atomic mass is 16.7. The van der Waals surface area contributed by atoms with Crippen LogP contribution in [0.1, 0.15) is 39.5 Å². The van der Waals surface area contributed by atoms with Crippen molar-refractivity contribution >= 4 is 0 Å². The molecule has 86 valence electrons. The van der Waals surface area contributed by atoms with Crippen LogP contribution in [0.15, 0.2) is 0 Å². The molecule has 0 aromatic rings.